The lowest BCUT2D eigenvalue weighted by Crippen LogP contribution is -2.28. The first-order valence-corrected chi connectivity index (χ1v) is 6.44. The van der Waals surface area contributed by atoms with Crippen molar-refractivity contribution in [2.75, 3.05) is 19.7 Å². The molecule has 1 rings (SSSR count). The van der Waals surface area contributed by atoms with E-state index in [0.29, 0.717) is 6.54 Å². The van der Waals surface area contributed by atoms with Crippen LogP contribution in [-0.2, 0) is 6.54 Å². The molecule has 4 heteroatoms. The number of aliphatic hydroxyl groups excluding tert-OH is 1. The monoisotopic (exact) mass is 249 g/mol. The maximum absolute atomic E-state index is 9.08. The highest BCUT2D eigenvalue weighted by molar-refractivity contribution is 5.96. The molecule has 0 fully saturated rings. The number of benzene rings is 1. The summed E-state index contributed by atoms with van der Waals surface area (Å²) in [6.07, 6.45) is 2.25. The van der Waals surface area contributed by atoms with Crippen LogP contribution in [0.4, 0.5) is 0 Å². The highest BCUT2D eigenvalue weighted by atomic mass is 16.3. The smallest absolute Gasteiger partial charge is 0.123 e. The normalized spacial score (nSPS) is 10.8. The first-order valence-electron chi connectivity index (χ1n) is 6.44. The van der Waals surface area contributed by atoms with Gasteiger partial charge in [0.25, 0.3) is 0 Å². The van der Waals surface area contributed by atoms with Crippen LogP contribution >= 0.6 is 0 Å². The van der Waals surface area contributed by atoms with Gasteiger partial charge < -0.3 is 10.8 Å². The number of nitrogen functional groups attached to an aromatic ring is 1. The molecule has 0 heterocycles. The fourth-order valence-electron chi connectivity index (χ4n) is 1.95. The van der Waals surface area contributed by atoms with Gasteiger partial charge in [0, 0.05) is 18.7 Å². The molecule has 0 amide bonds. The Morgan fingerprint density at radius 3 is 2.67 bits per heavy atom. The topological polar surface area (TPSA) is 73.3 Å². The first kappa shape index (κ1) is 14.7. The van der Waals surface area contributed by atoms with Crippen LogP contribution in [0.15, 0.2) is 24.3 Å². The Balaban J connectivity index is 2.76. The van der Waals surface area contributed by atoms with Gasteiger partial charge in [-0.2, -0.15) is 0 Å². The summed E-state index contributed by atoms with van der Waals surface area (Å²) in [5.41, 5.74) is 7.42. The van der Waals surface area contributed by atoms with Gasteiger partial charge in [0.1, 0.15) is 5.84 Å². The molecule has 0 aliphatic rings. The molecule has 0 saturated carbocycles. The third-order valence-corrected chi connectivity index (χ3v) is 2.95. The molecule has 0 aromatic heterocycles. The van der Waals surface area contributed by atoms with Crippen molar-refractivity contribution in [2.24, 2.45) is 5.73 Å². The van der Waals surface area contributed by atoms with Crippen LogP contribution in [0.1, 0.15) is 30.9 Å². The maximum Gasteiger partial charge on any atom is 0.123 e. The van der Waals surface area contributed by atoms with E-state index in [1.54, 1.807) is 0 Å². The van der Waals surface area contributed by atoms with Gasteiger partial charge in [-0.15, -0.1) is 0 Å². The molecule has 0 saturated heterocycles. The van der Waals surface area contributed by atoms with Crippen LogP contribution in [0.2, 0.25) is 0 Å². The molecule has 0 aliphatic heterocycles. The molecule has 0 atom stereocenters. The van der Waals surface area contributed by atoms with E-state index >= 15 is 0 Å². The molecule has 0 radical (unpaired) electrons. The summed E-state index contributed by atoms with van der Waals surface area (Å²) in [5.74, 6) is 0.102. The predicted molar refractivity (Wildman–Crippen MR) is 74.7 cm³/mol. The van der Waals surface area contributed by atoms with Gasteiger partial charge in [0.05, 0.1) is 6.61 Å². The van der Waals surface area contributed by atoms with Gasteiger partial charge in [0.15, 0.2) is 0 Å². The summed E-state index contributed by atoms with van der Waals surface area (Å²) < 4.78 is 0. The van der Waals surface area contributed by atoms with Gasteiger partial charge in [0.2, 0.25) is 0 Å². The van der Waals surface area contributed by atoms with Gasteiger partial charge in [-0.05, 0) is 18.5 Å². The Bertz CT molecular complexity index is 379. The van der Waals surface area contributed by atoms with Crippen molar-refractivity contribution in [3.05, 3.63) is 35.4 Å². The Morgan fingerprint density at radius 2 is 2.06 bits per heavy atom. The lowest BCUT2D eigenvalue weighted by molar-refractivity contribution is 0.188. The van der Waals surface area contributed by atoms with Crippen molar-refractivity contribution in [1.82, 2.24) is 4.90 Å². The first-order chi connectivity index (χ1) is 8.69. The largest absolute Gasteiger partial charge is 0.395 e. The van der Waals surface area contributed by atoms with Crippen molar-refractivity contribution < 1.29 is 5.11 Å². The third kappa shape index (κ3) is 4.47. The molecule has 0 spiro atoms. The number of rotatable bonds is 8. The van der Waals surface area contributed by atoms with Crippen LogP contribution in [0.5, 0.6) is 0 Å². The SMILES string of the molecule is CCCCN(CCO)Cc1ccccc1C(=N)N. The van der Waals surface area contributed by atoms with Crippen molar-refractivity contribution in [3.63, 3.8) is 0 Å². The highest BCUT2D eigenvalue weighted by Gasteiger charge is 2.09. The fraction of sp³-hybridized carbons (Fsp3) is 0.500. The summed E-state index contributed by atoms with van der Waals surface area (Å²) >= 11 is 0. The fourth-order valence-corrected chi connectivity index (χ4v) is 1.95. The minimum atomic E-state index is 0.102. The van der Waals surface area contributed by atoms with Crippen molar-refractivity contribution in [1.29, 1.82) is 5.41 Å². The summed E-state index contributed by atoms with van der Waals surface area (Å²) in [6, 6.07) is 7.71. The summed E-state index contributed by atoms with van der Waals surface area (Å²) in [5, 5.41) is 16.7. The molecule has 100 valence electrons. The molecule has 0 unspecified atom stereocenters. The molecule has 4 nitrogen and oxygen atoms in total. The van der Waals surface area contributed by atoms with Crippen molar-refractivity contribution >= 4 is 5.84 Å². The van der Waals surface area contributed by atoms with E-state index in [1.807, 2.05) is 24.3 Å². The number of nitrogens with two attached hydrogens (primary N) is 1. The second kappa shape index (κ2) is 7.84. The average molecular weight is 249 g/mol. The second-order valence-electron chi connectivity index (χ2n) is 4.42. The van der Waals surface area contributed by atoms with Crippen molar-refractivity contribution in [3.8, 4) is 0 Å². The molecule has 4 N–H and O–H groups in total. The second-order valence-corrected chi connectivity index (χ2v) is 4.42. The lowest BCUT2D eigenvalue weighted by atomic mass is 10.1. The predicted octanol–water partition coefficient (Wildman–Crippen LogP) is 1.57. The zero-order valence-electron chi connectivity index (χ0n) is 11.0. The molecule has 0 bridgehead atoms. The molecular weight excluding hydrogens is 226 g/mol. The number of hydrogen-bond donors (Lipinski definition) is 3. The van der Waals surface area contributed by atoms with Crippen LogP contribution in [0.3, 0.4) is 0 Å². The lowest BCUT2D eigenvalue weighted by Gasteiger charge is -2.22. The molecular formula is C14H23N3O. The Labute approximate surface area is 109 Å². The van der Waals surface area contributed by atoms with E-state index in [-0.39, 0.29) is 12.4 Å². The maximum atomic E-state index is 9.08. The van der Waals surface area contributed by atoms with Crippen LogP contribution < -0.4 is 5.73 Å². The van der Waals surface area contributed by atoms with E-state index in [4.69, 9.17) is 16.2 Å². The summed E-state index contributed by atoms with van der Waals surface area (Å²) in [6.45, 7) is 4.67. The molecule has 18 heavy (non-hydrogen) atoms. The third-order valence-electron chi connectivity index (χ3n) is 2.95. The molecule has 0 aliphatic carbocycles. The number of nitrogens with one attached hydrogen (secondary N) is 1. The van der Waals surface area contributed by atoms with Crippen LogP contribution in [0.25, 0.3) is 0 Å². The zero-order valence-corrected chi connectivity index (χ0v) is 11.0. The number of unbranched alkanes of at least 4 members (excludes halogenated alkanes) is 1. The molecule has 1 aromatic rings. The van der Waals surface area contributed by atoms with Crippen LogP contribution in [-0.4, -0.2) is 35.5 Å². The highest BCUT2D eigenvalue weighted by Crippen LogP contribution is 2.11. The standard InChI is InChI=1S/C14H23N3O/c1-2-3-8-17(9-10-18)11-12-6-4-5-7-13(12)14(15)16/h4-7,18H,2-3,8-11H2,1H3,(H3,15,16). The quantitative estimate of drug-likeness (QED) is 0.483. The number of amidine groups is 1. The van der Waals surface area contributed by atoms with Gasteiger partial charge >= 0.3 is 0 Å². The van der Waals surface area contributed by atoms with E-state index in [2.05, 4.69) is 11.8 Å². The number of nitrogens with zero attached hydrogens (tertiary/aromatic N) is 1. The van der Waals surface area contributed by atoms with Gasteiger partial charge in [-0.25, -0.2) is 0 Å². The zero-order chi connectivity index (χ0) is 13.4. The van der Waals surface area contributed by atoms with Crippen molar-refractivity contribution in [2.45, 2.75) is 26.3 Å². The van der Waals surface area contributed by atoms with Crippen LogP contribution in [0, 0.1) is 5.41 Å². The Kier molecular flexibility index (Phi) is 6.39. The summed E-state index contributed by atoms with van der Waals surface area (Å²) in [7, 11) is 0. The van der Waals surface area contributed by atoms with E-state index in [1.165, 1.54) is 0 Å². The minimum absolute atomic E-state index is 0.102. The summed E-state index contributed by atoms with van der Waals surface area (Å²) in [4.78, 5) is 2.20. The minimum Gasteiger partial charge on any atom is -0.395 e. The average Bonchev–Trinajstić information content (AvgIpc) is 2.36. The molecule has 1 aromatic carbocycles. The number of aliphatic hydroxyl groups is 1. The van der Waals surface area contributed by atoms with E-state index < -0.39 is 0 Å². The van der Waals surface area contributed by atoms with Gasteiger partial charge in [-0.1, -0.05) is 37.6 Å². The Hall–Kier alpha value is -1.39. The van der Waals surface area contributed by atoms with E-state index in [0.717, 1.165) is 37.1 Å². The number of hydrogen-bond acceptors (Lipinski definition) is 3. The van der Waals surface area contributed by atoms with Gasteiger partial charge in [-0.3, -0.25) is 10.3 Å². The van der Waals surface area contributed by atoms with E-state index in [9.17, 15) is 0 Å². The Morgan fingerprint density at radius 1 is 1.33 bits per heavy atom.